The van der Waals surface area contributed by atoms with Crippen molar-refractivity contribution in [1.82, 2.24) is 9.80 Å². The van der Waals surface area contributed by atoms with E-state index in [4.69, 9.17) is 16.6 Å². The van der Waals surface area contributed by atoms with Gasteiger partial charge in [0.05, 0.1) is 17.7 Å². The molecule has 1 aromatic heterocycles. The summed E-state index contributed by atoms with van der Waals surface area (Å²) < 4.78 is 5.43. The Balaban J connectivity index is 1.63. The number of thioether (sulfide) groups is 1. The van der Waals surface area contributed by atoms with Gasteiger partial charge in [-0.2, -0.15) is 0 Å². The van der Waals surface area contributed by atoms with Gasteiger partial charge in [0, 0.05) is 18.7 Å². The van der Waals surface area contributed by atoms with Gasteiger partial charge >= 0.3 is 0 Å². The minimum absolute atomic E-state index is 0.145. The van der Waals surface area contributed by atoms with E-state index in [1.807, 2.05) is 0 Å². The van der Waals surface area contributed by atoms with E-state index in [0.717, 1.165) is 17.8 Å². The molecule has 1 aromatic carbocycles. The number of nitrogens with zero attached hydrogens (tertiary/aromatic N) is 2. The molecule has 29 heavy (non-hydrogen) atoms. The molecule has 1 aliphatic heterocycles. The summed E-state index contributed by atoms with van der Waals surface area (Å²) in [4.78, 5) is 40.0. The molecule has 2 heterocycles. The smallest absolute Gasteiger partial charge is 0.266 e. The first-order chi connectivity index (χ1) is 13.8. The molecule has 0 spiro atoms. The lowest BCUT2D eigenvalue weighted by atomic mass is 10.1. The van der Waals surface area contributed by atoms with E-state index in [0.29, 0.717) is 10.7 Å². The van der Waals surface area contributed by atoms with Gasteiger partial charge < -0.3 is 19.5 Å². The third-order valence-electron chi connectivity index (χ3n) is 4.09. The van der Waals surface area contributed by atoms with Crippen LogP contribution in [0.1, 0.15) is 16.1 Å². The first-order valence-corrected chi connectivity index (χ1v) is 9.56. The van der Waals surface area contributed by atoms with Crippen molar-refractivity contribution in [3.8, 4) is 11.5 Å². The molecule has 0 aliphatic carbocycles. The summed E-state index contributed by atoms with van der Waals surface area (Å²) in [6.45, 7) is -0.565. The van der Waals surface area contributed by atoms with Crippen molar-refractivity contribution in [3.63, 3.8) is 0 Å². The zero-order chi connectivity index (χ0) is 21.1. The topological polar surface area (TPSA) is 111 Å². The highest BCUT2D eigenvalue weighted by Gasteiger charge is 2.34. The molecule has 1 fully saturated rings. The predicted octanol–water partition coefficient (Wildman–Crippen LogP) is 2.23. The van der Waals surface area contributed by atoms with Crippen LogP contribution in [0.2, 0.25) is 0 Å². The van der Waals surface area contributed by atoms with Gasteiger partial charge in [-0.15, -0.1) is 0 Å². The molecular formula is C19H16N2O6S2. The fourth-order valence-electron chi connectivity index (χ4n) is 2.49. The molecule has 2 amide bonds. The van der Waals surface area contributed by atoms with Crippen molar-refractivity contribution < 1.29 is 29.0 Å². The summed E-state index contributed by atoms with van der Waals surface area (Å²) in [6, 6.07) is 7.04. The van der Waals surface area contributed by atoms with Crippen LogP contribution in [0.15, 0.2) is 45.9 Å². The lowest BCUT2D eigenvalue weighted by molar-refractivity contribution is -0.134. The largest absolute Gasteiger partial charge is 0.504 e. The van der Waals surface area contributed by atoms with Gasteiger partial charge in [-0.25, -0.2) is 0 Å². The maximum atomic E-state index is 12.5. The Morgan fingerprint density at radius 3 is 2.69 bits per heavy atom. The number of ketones is 1. The molecule has 1 saturated heterocycles. The van der Waals surface area contributed by atoms with Gasteiger partial charge in [0.1, 0.15) is 16.6 Å². The standard InChI is InChI=1S/C19H16N2O6S2/c1-20(9-15(24)11-4-5-13(22)14(23)7-11)17(25)10-21-18(26)16(29-19(21)28)8-12-3-2-6-27-12/h2-8,22-23H,9-10H2,1H3/b16-8-. The monoisotopic (exact) mass is 432 g/mol. The van der Waals surface area contributed by atoms with Crippen LogP contribution < -0.4 is 0 Å². The lowest BCUT2D eigenvalue weighted by Crippen LogP contribution is -2.42. The summed E-state index contributed by atoms with van der Waals surface area (Å²) >= 11 is 6.26. The molecule has 0 bridgehead atoms. The van der Waals surface area contributed by atoms with E-state index >= 15 is 0 Å². The van der Waals surface area contributed by atoms with Crippen LogP contribution in [-0.2, 0) is 9.59 Å². The van der Waals surface area contributed by atoms with Crippen LogP contribution in [0, 0.1) is 0 Å². The number of phenols is 2. The van der Waals surface area contributed by atoms with E-state index < -0.39 is 23.3 Å². The van der Waals surface area contributed by atoms with E-state index in [9.17, 15) is 24.6 Å². The van der Waals surface area contributed by atoms with Crippen molar-refractivity contribution >= 4 is 52.0 Å². The first-order valence-electron chi connectivity index (χ1n) is 8.34. The summed E-state index contributed by atoms with van der Waals surface area (Å²) in [5.74, 6) is -1.59. The third kappa shape index (κ3) is 4.66. The van der Waals surface area contributed by atoms with Crippen LogP contribution in [-0.4, -0.2) is 62.1 Å². The van der Waals surface area contributed by atoms with Gasteiger partial charge in [0.25, 0.3) is 5.91 Å². The Hall–Kier alpha value is -3.11. The van der Waals surface area contributed by atoms with Gasteiger partial charge in [0.2, 0.25) is 5.91 Å². The van der Waals surface area contributed by atoms with E-state index in [2.05, 4.69) is 0 Å². The number of carbonyl (C=O) groups excluding carboxylic acids is 3. The number of likely N-dealkylation sites (N-methyl/N-ethyl adjacent to an activating group) is 1. The molecule has 0 radical (unpaired) electrons. The van der Waals surface area contributed by atoms with Gasteiger partial charge in [0.15, 0.2) is 17.3 Å². The minimum atomic E-state index is -0.475. The fourth-order valence-corrected chi connectivity index (χ4v) is 3.72. The Kier molecular flexibility index (Phi) is 6.04. The molecular weight excluding hydrogens is 416 g/mol. The second-order valence-electron chi connectivity index (χ2n) is 6.16. The van der Waals surface area contributed by atoms with Crippen molar-refractivity contribution in [1.29, 1.82) is 0 Å². The molecule has 150 valence electrons. The number of phenolic OH excluding ortho intramolecular Hbond substituents is 2. The summed E-state index contributed by atoms with van der Waals surface area (Å²) in [7, 11) is 1.43. The maximum Gasteiger partial charge on any atom is 0.266 e. The molecule has 1 aliphatic rings. The summed E-state index contributed by atoms with van der Waals surface area (Å²) in [5, 5.41) is 18.8. The number of benzene rings is 1. The molecule has 10 heteroatoms. The lowest BCUT2D eigenvalue weighted by Gasteiger charge is -2.20. The van der Waals surface area contributed by atoms with Gasteiger partial charge in [-0.1, -0.05) is 24.0 Å². The quantitative estimate of drug-likeness (QED) is 0.309. The highest BCUT2D eigenvalue weighted by atomic mass is 32.2. The van der Waals surface area contributed by atoms with Crippen molar-refractivity contribution in [3.05, 3.63) is 52.8 Å². The van der Waals surface area contributed by atoms with Crippen LogP contribution in [0.5, 0.6) is 11.5 Å². The van der Waals surface area contributed by atoms with E-state index in [-0.39, 0.29) is 28.7 Å². The van der Waals surface area contributed by atoms with Gasteiger partial charge in [-0.3, -0.25) is 19.3 Å². The number of aromatic hydroxyl groups is 2. The number of thiocarbonyl (C=S) groups is 1. The maximum absolute atomic E-state index is 12.5. The number of rotatable bonds is 6. The van der Waals surface area contributed by atoms with Crippen molar-refractivity contribution in [2.24, 2.45) is 0 Å². The number of hydrogen-bond acceptors (Lipinski definition) is 8. The first kappa shape index (κ1) is 20.6. The molecule has 8 nitrogen and oxygen atoms in total. The molecule has 2 aromatic rings. The SMILES string of the molecule is CN(CC(=O)c1ccc(O)c(O)c1)C(=O)CN1C(=O)/C(=C/c2ccco2)SC1=S. The Bertz CT molecular complexity index is 1020. The number of Topliss-reactive ketones (excluding diaryl/α,β-unsaturated/α-hetero) is 1. The zero-order valence-corrected chi connectivity index (χ0v) is 16.8. The van der Waals surface area contributed by atoms with E-state index in [1.54, 1.807) is 18.2 Å². The third-order valence-corrected chi connectivity index (χ3v) is 5.47. The normalized spacial score (nSPS) is 15.2. The highest BCUT2D eigenvalue weighted by molar-refractivity contribution is 8.26. The second kappa shape index (κ2) is 8.50. The fraction of sp³-hybridized carbons (Fsp3) is 0.158. The summed E-state index contributed by atoms with van der Waals surface area (Å²) in [6.07, 6.45) is 3.03. The van der Waals surface area contributed by atoms with Crippen molar-refractivity contribution in [2.45, 2.75) is 0 Å². The van der Waals surface area contributed by atoms with Gasteiger partial charge in [-0.05, 0) is 30.3 Å². The van der Waals surface area contributed by atoms with Crippen molar-refractivity contribution in [2.75, 3.05) is 20.1 Å². The Morgan fingerprint density at radius 2 is 2.03 bits per heavy atom. The Morgan fingerprint density at radius 1 is 1.28 bits per heavy atom. The van der Waals surface area contributed by atoms with Crippen LogP contribution >= 0.6 is 24.0 Å². The molecule has 0 unspecified atom stereocenters. The highest BCUT2D eigenvalue weighted by Crippen LogP contribution is 2.32. The number of amides is 2. The zero-order valence-electron chi connectivity index (χ0n) is 15.2. The molecule has 0 atom stereocenters. The molecule has 0 saturated carbocycles. The van der Waals surface area contributed by atoms with Crippen LogP contribution in [0.4, 0.5) is 0 Å². The summed E-state index contributed by atoms with van der Waals surface area (Å²) in [5.41, 5.74) is 0.145. The average Bonchev–Trinajstić information content (AvgIpc) is 3.28. The van der Waals surface area contributed by atoms with Crippen LogP contribution in [0.25, 0.3) is 6.08 Å². The average molecular weight is 432 g/mol. The van der Waals surface area contributed by atoms with E-state index in [1.165, 1.54) is 35.2 Å². The Labute approximate surface area is 175 Å². The number of carbonyl (C=O) groups is 3. The van der Waals surface area contributed by atoms with Crippen LogP contribution in [0.3, 0.4) is 0 Å². The number of hydrogen-bond donors (Lipinski definition) is 2. The predicted molar refractivity (Wildman–Crippen MR) is 110 cm³/mol. The minimum Gasteiger partial charge on any atom is -0.504 e. The molecule has 2 N–H and O–H groups in total. The molecule has 3 rings (SSSR count). The number of furan rings is 1. The second-order valence-corrected chi connectivity index (χ2v) is 7.84.